The van der Waals surface area contributed by atoms with Gasteiger partial charge < -0.3 is 15.1 Å². The van der Waals surface area contributed by atoms with Crippen LogP contribution < -0.4 is 5.32 Å². The van der Waals surface area contributed by atoms with Crippen molar-refractivity contribution >= 4 is 29.1 Å². The predicted octanol–water partition coefficient (Wildman–Crippen LogP) is 2.12. The average molecular weight is 403 g/mol. The predicted molar refractivity (Wildman–Crippen MR) is 104 cm³/mol. The quantitative estimate of drug-likeness (QED) is 0.770. The molecule has 1 aliphatic heterocycles. The molecule has 1 aromatic heterocycles. The number of nitrogens with one attached hydrogen (secondary N) is 1. The van der Waals surface area contributed by atoms with Crippen LogP contribution in [0.3, 0.4) is 0 Å². The van der Waals surface area contributed by atoms with Gasteiger partial charge in [-0.1, -0.05) is 30.3 Å². The Hall–Kier alpha value is -2.74. The molecule has 0 aliphatic carbocycles. The summed E-state index contributed by atoms with van der Waals surface area (Å²) in [4.78, 5) is 39.7. The van der Waals surface area contributed by atoms with E-state index in [9.17, 15) is 18.8 Å². The Morgan fingerprint density at radius 2 is 1.93 bits per heavy atom. The summed E-state index contributed by atoms with van der Waals surface area (Å²) in [6.45, 7) is 3.28. The Bertz CT molecular complexity index is 849. The standard InChI is InChI=1S/C20H22FN3O3S/c1-14(25)24-12-16(13-24)20(27)23(11-15-5-3-2-4-6-15)9-8-22-19(26)18-17(21)7-10-28-18/h2-7,10,16H,8-9,11-13H2,1H3,(H,22,26). The monoisotopic (exact) mass is 403 g/mol. The van der Waals surface area contributed by atoms with Crippen LogP contribution in [0.4, 0.5) is 4.39 Å². The molecular formula is C20H22FN3O3S. The van der Waals surface area contributed by atoms with Gasteiger partial charge in [-0.25, -0.2) is 4.39 Å². The van der Waals surface area contributed by atoms with E-state index in [1.54, 1.807) is 9.80 Å². The van der Waals surface area contributed by atoms with Gasteiger partial charge in [0.1, 0.15) is 10.7 Å². The van der Waals surface area contributed by atoms with Crippen molar-refractivity contribution in [1.82, 2.24) is 15.1 Å². The molecule has 2 heterocycles. The number of hydrogen-bond acceptors (Lipinski definition) is 4. The van der Waals surface area contributed by atoms with Crippen molar-refractivity contribution in [3.63, 3.8) is 0 Å². The molecule has 1 saturated heterocycles. The smallest absolute Gasteiger partial charge is 0.264 e. The van der Waals surface area contributed by atoms with E-state index in [1.807, 2.05) is 30.3 Å². The molecule has 0 atom stereocenters. The summed E-state index contributed by atoms with van der Waals surface area (Å²) in [7, 11) is 0. The summed E-state index contributed by atoms with van der Waals surface area (Å²) in [5.41, 5.74) is 0.981. The number of nitrogens with zero attached hydrogens (tertiary/aromatic N) is 2. The van der Waals surface area contributed by atoms with E-state index in [-0.39, 0.29) is 29.2 Å². The Labute approximate surface area is 166 Å². The minimum absolute atomic E-state index is 0.0381. The van der Waals surface area contributed by atoms with Crippen LogP contribution >= 0.6 is 11.3 Å². The fraction of sp³-hybridized carbons (Fsp3) is 0.350. The summed E-state index contributed by atoms with van der Waals surface area (Å²) in [5.74, 6) is -1.33. The highest BCUT2D eigenvalue weighted by Gasteiger charge is 2.36. The van der Waals surface area contributed by atoms with E-state index in [4.69, 9.17) is 0 Å². The number of rotatable bonds is 7. The van der Waals surface area contributed by atoms with Crippen LogP contribution in [0.5, 0.6) is 0 Å². The third-order valence-electron chi connectivity index (χ3n) is 4.69. The molecule has 8 heteroatoms. The van der Waals surface area contributed by atoms with Crippen molar-refractivity contribution in [3.05, 3.63) is 58.0 Å². The first-order valence-corrected chi connectivity index (χ1v) is 9.93. The summed E-state index contributed by atoms with van der Waals surface area (Å²) >= 11 is 1.04. The Morgan fingerprint density at radius 1 is 1.21 bits per heavy atom. The van der Waals surface area contributed by atoms with E-state index < -0.39 is 11.7 Å². The second kappa shape index (κ2) is 8.97. The minimum atomic E-state index is -0.543. The van der Waals surface area contributed by atoms with Gasteiger partial charge in [-0.05, 0) is 17.0 Å². The maximum absolute atomic E-state index is 13.5. The molecule has 2 aromatic rings. The SMILES string of the molecule is CC(=O)N1CC(C(=O)N(CCNC(=O)c2sccc2F)Cc2ccccc2)C1. The van der Waals surface area contributed by atoms with Crippen LogP contribution in [0, 0.1) is 11.7 Å². The first kappa shape index (κ1) is 20.0. The lowest BCUT2D eigenvalue weighted by Gasteiger charge is -2.40. The van der Waals surface area contributed by atoms with Gasteiger partial charge in [-0.3, -0.25) is 14.4 Å². The second-order valence-corrected chi connectivity index (χ2v) is 7.64. The number of amides is 3. The van der Waals surface area contributed by atoms with Crippen molar-refractivity contribution in [2.75, 3.05) is 26.2 Å². The lowest BCUT2D eigenvalue weighted by atomic mass is 9.98. The zero-order valence-corrected chi connectivity index (χ0v) is 16.4. The largest absolute Gasteiger partial charge is 0.349 e. The molecule has 3 amide bonds. The molecule has 1 N–H and O–H groups in total. The summed E-state index contributed by atoms with van der Waals surface area (Å²) in [5, 5.41) is 4.19. The third-order valence-corrected chi connectivity index (χ3v) is 5.58. The highest BCUT2D eigenvalue weighted by molar-refractivity contribution is 7.12. The normalized spacial score (nSPS) is 13.7. The molecule has 1 fully saturated rings. The number of hydrogen-bond donors (Lipinski definition) is 1. The van der Waals surface area contributed by atoms with Crippen LogP contribution in [0.25, 0.3) is 0 Å². The van der Waals surface area contributed by atoms with E-state index in [0.717, 1.165) is 16.9 Å². The second-order valence-electron chi connectivity index (χ2n) is 6.72. The van der Waals surface area contributed by atoms with Crippen LogP contribution in [0.1, 0.15) is 22.2 Å². The molecule has 0 saturated carbocycles. The average Bonchev–Trinajstić information content (AvgIpc) is 3.06. The number of carbonyl (C=O) groups excluding carboxylic acids is 3. The fourth-order valence-corrected chi connectivity index (χ4v) is 3.74. The number of halogens is 1. The Balaban J connectivity index is 1.59. The molecule has 0 bridgehead atoms. The Kier molecular flexibility index (Phi) is 6.41. The van der Waals surface area contributed by atoms with Crippen LogP contribution in [0.15, 0.2) is 41.8 Å². The van der Waals surface area contributed by atoms with Gasteiger partial charge in [-0.2, -0.15) is 0 Å². The van der Waals surface area contributed by atoms with Gasteiger partial charge in [0.25, 0.3) is 5.91 Å². The molecule has 6 nitrogen and oxygen atoms in total. The van der Waals surface area contributed by atoms with Crippen molar-refractivity contribution < 1.29 is 18.8 Å². The molecule has 1 aromatic carbocycles. The van der Waals surface area contributed by atoms with Crippen molar-refractivity contribution in [1.29, 1.82) is 0 Å². The minimum Gasteiger partial charge on any atom is -0.349 e. The topological polar surface area (TPSA) is 69.7 Å². The van der Waals surface area contributed by atoms with Gasteiger partial charge in [0, 0.05) is 39.6 Å². The maximum atomic E-state index is 13.5. The summed E-state index contributed by atoms with van der Waals surface area (Å²) < 4.78 is 13.5. The number of carbonyl (C=O) groups is 3. The lowest BCUT2D eigenvalue weighted by molar-refractivity contribution is -0.147. The van der Waals surface area contributed by atoms with Gasteiger partial charge in [0.05, 0.1) is 5.92 Å². The van der Waals surface area contributed by atoms with Gasteiger partial charge >= 0.3 is 0 Å². The molecule has 3 rings (SSSR count). The van der Waals surface area contributed by atoms with Crippen molar-refractivity contribution in [2.45, 2.75) is 13.5 Å². The zero-order valence-electron chi connectivity index (χ0n) is 15.6. The van der Waals surface area contributed by atoms with Crippen molar-refractivity contribution in [3.8, 4) is 0 Å². The van der Waals surface area contributed by atoms with Gasteiger partial charge in [-0.15, -0.1) is 11.3 Å². The number of likely N-dealkylation sites (tertiary alicyclic amines) is 1. The van der Waals surface area contributed by atoms with E-state index in [1.165, 1.54) is 18.4 Å². The number of benzene rings is 1. The summed E-state index contributed by atoms with van der Waals surface area (Å²) in [6.07, 6.45) is 0. The molecule has 148 valence electrons. The highest BCUT2D eigenvalue weighted by atomic mass is 32.1. The van der Waals surface area contributed by atoms with Gasteiger partial charge in [0.15, 0.2) is 0 Å². The van der Waals surface area contributed by atoms with E-state index >= 15 is 0 Å². The van der Waals surface area contributed by atoms with Crippen LogP contribution in [-0.4, -0.2) is 53.7 Å². The van der Waals surface area contributed by atoms with Gasteiger partial charge in [0.2, 0.25) is 11.8 Å². The number of thiophene rings is 1. The van der Waals surface area contributed by atoms with Crippen molar-refractivity contribution in [2.24, 2.45) is 5.92 Å². The molecule has 0 radical (unpaired) electrons. The molecule has 1 aliphatic rings. The van der Waals surface area contributed by atoms with E-state index in [0.29, 0.717) is 26.2 Å². The molecular weight excluding hydrogens is 381 g/mol. The Morgan fingerprint density at radius 3 is 2.54 bits per heavy atom. The van der Waals surface area contributed by atoms with Crippen LogP contribution in [-0.2, 0) is 16.1 Å². The summed E-state index contributed by atoms with van der Waals surface area (Å²) in [6, 6.07) is 10.8. The first-order chi connectivity index (χ1) is 13.5. The van der Waals surface area contributed by atoms with E-state index in [2.05, 4.69) is 5.32 Å². The zero-order chi connectivity index (χ0) is 20.1. The fourth-order valence-electron chi connectivity index (χ4n) is 3.06. The first-order valence-electron chi connectivity index (χ1n) is 9.05. The lowest BCUT2D eigenvalue weighted by Crippen LogP contribution is -2.56. The maximum Gasteiger partial charge on any atom is 0.264 e. The van der Waals surface area contributed by atoms with Crippen LogP contribution in [0.2, 0.25) is 0 Å². The highest BCUT2D eigenvalue weighted by Crippen LogP contribution is 2.19. The molecule has 0 unspecified atom stereocenters. The molecule has 0 spiro atoms. The molecule has 28 heavy (non-hydrogen) atoms. The third kappa shape index (κ3) is 4.75.